The first-order valence-electron chi connectivity index (χ1n) is 8.97. The Kier molecular flexibility index (Phi) is 4.83. The van der Waals surface area contributed by atoms with Gasteiger partial charge in [-0.3, -0.25) is 14.8 Å². The van der Waals surface area contributed by atoms with Gasteiger partial charge in [-0.1, -0.05) is 48.5 Å². The molecule has 4 aromatic rings. The smallest absolute Gasteiger partial charge is 0.251 e. The first-order chi connectivity index (χ1) is 13.7. The molecule has 0 aliphatic carbocycles. The Balaban J connectivity index is 2.06. The van der Waals surface area contributed by atoms with E-state index in [-0.39, 0.29) is 5.56 Å². The lowest BCUT2D eigenvalue weighted by Gasteiger charge is -2.38. The van der Waals surface area contributed by atoms with Crippen LogP contribution in [0.5, 0.6) is 0 Å². The van der Waals surface area contributed by atoms with Crippen molar-refractivity contribution >= 4 is 0 Å². The number of hydrogen-bond donors (Lipinski definition) is 1. The van der Waals surface area contributed by atoms with Gasteiger partial charge >= 0.3 is 0 Å². The van der Waals surface area contributed by atoms with E-state index < -0.39 is 11.6 Å². The van der Waals surface area contributed by atoms with Crippen LogP contribution >= 0.6 is 0 Å². The van der Waals surface area contributed by atoms with E-state index in [1.165, 1.54) is 10.6 Å². The largest absolute Gasteiger partial charge is 0.378 e. The fourth-order valence-electron chi connectivity index (χ4n) is 3.56. The number of benzene rings is 1. The Bertz CT molecular complexity index is 1060. The Morgan fingerprint density at radius 1 is 0.786 bits per heavy atom. The third-order valence-corrected chi connectivity index (χ3v) is 4.84. The molecule has 1 aromatic carbocycles. The van der Waals surface area contributed by atoms with E-state index in [1.54, 1.807) is 55.2 Å². The highest BCUT2D eigenvalue weighted by Gasteiger charge is 2.43. The average Bonchev–Trinajstić information content (AvgIpc) is 2.77. The van der Waals surface area contributed by atoms with E-state index in [4.69, 9.17) is 0 Å². The molecule has 5 heteroatoms. The summed E-state index contributed by atoms with van der Waals surface area (Å²) < 4.78 is 1.54. The van der Waals surface area contributed by atoms with Gasteiger partial charge in [0, 0.05) is 42.6 Å². The second-order valence-electron chi connectivity index (χ2n) is 6.51. The minimum absolute atomic E-state index is 0.213. The summed E-state index contributed by atoms with van der Waals surface area (Å²) in [5.41, 5.74) is 0.211. The Morgan fingerprint density at radius 2 is 1.46 bits per heavy atom. The maximum Gasteiger partial charge on any atom is 0.251 e. The average molecular weight is 369 g/mol. The maximum absolute atomic E-state index is 12.8. The molecule has 0 fully saturated rings. The van der Waals surface area contributed by atoms with Gasteiger partial charge in [-0.2, -0.15) is 0 Å². The molecule has 0 radical (unpaired) electrons. The highest BCUT2D eigenvalue weighted by Crippen LogP contribution is 2.42. The summed E-state index contributed by atoms with van der Waals surface area (Å²) in [6.07, 6.45) is 8.31. The Hall–Kier alpha value is -3.57. The molecule has 3 heterocycles. The summed E-state index contributed by atoms with van der Waals surface area (Å²) in [6, 6.07) is 20.8. The van der Waals surface area contributed by atoms with Crippen LogP contribution in [0.15, 0.2) is 109 Å². The maximum atomic E-state index is 12.8. The molecule has 0 spiro atoms. The predicted octanol–water partition coefficient (Wildman–Crippen LogP) is 3.16. The first kappa shape index (κ1) is 17.8. The zero-order valence-electron chi connectivity index (χ0n) is 15.1. The molecule has 1 N–H and O–H groups in total. The van der Waals surface area contributed by atoms with E-state index >= 15 is 0 Å². The standard InChI is InChI=1S/C23H19N3O2/c27-21-12-4-5-15-26(21)22(18-8-6-13-24-16-18)23(28,19-9-2-1-3-10-19)20-11-7-14-25-17-20/h1-17,22,28H. The van der Waals surface area contributed by atoms with Gasteiger partial charge in [0.1, 0.15) is 11.6 Å². The van der Waals surface area contributed by atoms with Gasteiger partial charge in [-0.25, -0.2) is 0 Å². The van der Waals surface area contributed by atoms with Crippen molar-refractivity contribution in [1.82, 2.24) is 14.5 Å². The molecule has 0 amide bonds. The van der Waals surface area contributed by atoms with Crippen molar-refractivity contribution < 1.29 is 5.11 Å². The molecule has 2 atom stereocenters. The lowest BCUT2D eigenvalue weighted by Crippen LogP contribution is -2.42. The van der Waals surface area contributed by atoms with Gasteiger partial charge in [-0.05, 0) is 29.3 Å². The summed E-state index contributed by atoms with van der Waals surface area (Å²) in [5.74, 6) is 0. The molecule has 4 rings (SSSR count). The summed E-state index contributed by atoms with van der Waals surface area (Å²) in [6.45, 7) is 0. The SMILES string of the molecule is O=c1ccccn1C(c1cccnc1)C(O)(c1ccccc1)c1cccnc1. The Morgan fingerprint density at radius 3 is 2.11 bits per heavy atom. The predicted molar refractivity (Wildman–Crippen MR) is 107 cm³/mol. The fraction of sp³-hybridized carbons (Fsp3) is 0.0870. The molecule has 5 nitrogen and oxygen atoms in total. The van der Waals surface area contributed by atoms with Crippen LogP contribution in [-0.4, -0.2) is 19.6 Å². The van der Waals surface area contributed by atoms with Crippen molar-refractivity contribution in [3.05, 3.63) is 131 Å². The number of nitrogens with zero attached hydrogens (tertiary/aromatic N) is 3. The zero-order valence-corrected chi connectivity index (χ0v) is 15.1. The van der Waals surface area contributed by atoms with E-state index in [1.807, 2.05) is 42.5 Å². The van der Waals surface area contributed by atoms with Crippen molar-refractivity contribution in [2.24, 2.45) is 0 Å². The monoisotopic (exact) mass is 369 g/mol. The van der Waals surface area contributed by atoms with Crippen LogP contribution < -0.4 is 5.56 Å². The van der Waals surface area contributed by atoms with Gasteiger partial charge in [0.15, 0.2) is 0 Å². The normalized spacial score (nSPS) is 14.2. The molecule has 2 unspecified atom stereocenters. The third kappa shape index (κ3) is 3.12. The minimum atomic E-state index is -1.54. The molecule has 138 valence electrons. The molecule has 0 aliphatic rings. The van der Waals surface area contributed by atoms with Crippen LogP contribution in [0.2, 0.25) is 0 Å². The molecule has 0 saturated carbocycles. The van der Waals surface area contributed by atoms with Crippen molar-refractivity contribution in [3.63, 3.8) is 0 Å². The van der Waals surface area contributed by atoms with Gasteiger partial charge in [0.25, 0.3) is 5.56 Å². The topological polar surface area (TPSA) is 68.0 Å². The van der Waals surface area contributed by atoms with E-state index in [2.05, 4.69) is 9.97 Å². The van der Waals surface area contributed by atoms with Crippen molar-refractivity contribution in [3.8, 4) is 0 Å². The van der Waals surface area contributed by atoms with Crippen molar-refractivity contribution in [1.29, 1.82) is 0 Å². The molecule has 0 bridgehead atoms. The van der Waals surface area contributed by atoms with E-state index in [9.17, 15) is 9.90 Å². The van der Waals surface area contributed by atoms with Crippen molar-refractivity contribution in [2.45, 2.75) is 11.6 Å². The second kappa shape index (κ2) is 7.58. The van der Waals surface area contributed by atoms with Crippen LogP contribution in [0, 0.1) is 0 Å². The second-order valence-corrected chi connectivity index (χ2v) is 6.51. The fourth-order valence-corrected chi connectivity index (χ4v) is 3.56. The molecular weight excluding hydrogens is 350 g/mol. The number of hydrogen-bond acceptors (Lipinski definition) is 4. The molecule has 0 saturated heterocycles. The summed E-state index contributed by atoms with van der Waals surface area (Å²) in [7, 11) is 0. The zero-order chi connectivity index (χ0) is 19.4. The highest BCUT2D eigenvalue weighted by molar-refractivity contribution is 5.40. The molecule has 0 aliphatic heterocycles. The van der Waals surface area contributed by atoms with E-state index in [0.717, 1.165) is 0 Å². The first-order valence-corrected chi connectivity index (χ1v) is 8.97. The number of rotatable bonds is 5. The number of pyridine rings is 3. The van der Waals surface area contributed by atoms with Crippen LogP contribution in [0.25, 0.3) is 0 Å². The lowest BCUT2D eigenvalue weighted by molar-refractivity contribution is 0.0365. The summed E-state index contributed by atoms with van der Waals surface area (Å²) >= 11 is 0. The minimum Gasteiger partial charge on any atom is -0.378 e. The third-order valence-electron chi connectivity index (χ3n) is 4.84. The van der Waals surface area contributed by atoms with Gasteiger partial charge in [0.2, 0.25) is 0 Å². The van der Waals surface area contributed by atoms with Crippen LogP contribution in [0.4, 0.5) is 0 Å². The van der Waals surface area contributed by atoms with Crippen LogP contribution in [0.1, 0.15) is 22.7 Å². The molecular formula is C23H19N3O2. The summed E-state index contributed by atoms with van der Waals surface area (Å²) in [4.78, 5) is 21.2. The molecule has 28 heavy (non-hydrogen) atoms. The lowest BCUT2D eigenvalue weighted by atomic mass is 9.78. The highest BCUT2D eigenvalue weighted by atomic mass is 16.3. The number of aromatic nitrogens is 3. The number of aliphatic hydroxyl groups is 1. The quantitative estimate of drug-likeness (QED) is 0.587. The van der Waals surface area contributed by atoms with Gasteiger partial charge in [-0.15, -0.1) is 0 Å². The summed E-state index contributed by atoms with van der Waals surface area (Å²) in [5, 5.41) is 12.2. The molecule has 3 aromatic heterocycles. The van der Waals surface area contributed by atoms with Crippen LogP contribution in [-0.2, 0) is 5.60 Å². The van der Waals surface area contributed by atoms with Gasteiger partial charge in [0.05, 0.1) is 0 Å². The van der Waals surface area contributed by atoms with Gasteiger partial charge < -0.3 is 9.67 Å². The van der Waals surface area contributed by atoms with Crippen LogP contribution in [0.3, 0.4) is 0 Å². The van der Waals surface area contributed by atoms with E-state index in [0.29, 0.717) is 16.7 Å². The Labute approximate surface area is 162 Å². The van der Waals surface area contributed by atoms with Crippen molar-refractivity contribution in [2.75, 3.05) is 0 Å².